The third kappa shape index (κ3) is 2.62. The van der Waals surface area contributed by atoms with Crippen molar-refractivity contribution in [2.45, 2.75) is 13.5 Å². The van der Waals surface area contributed by atoms with E-state index in [1.54, 1.807) is 24.3 Å². The van der Waals surface area contributed by atoms with Gasteiger partial charge in [-0.3, -0.25) is 10.1 Å². The van der Waals surface area contributed by atoms with Crippen molar-refractivity contribution in [1.82, 2.24) is 0 Å². The second-order valence-electron chi connectivity index (χ2n) is 3.68. The molecule has 88 valence electrons. The molecule has 2 aromatic rings. The van der Waals surface area contributed by atoms with Crippen molar-refractivity contribution in [3.05, 3.63) is 56.3 Å². The molecule has 1 aromatic carbocycles. The first kappa shape index (κ1) is 11.6. The number of nitrogens with zero attached hydrogens (tertiary/aromatic N) is 1. The van der Waals surface area contributed by atoms with Crippen LogP contribution in [0.5, 0.6) is 0 Å². The molecule has 1 N–H and O–H groups in total. The number of benzene rings is 1. The highest BCUT2D eigenvalue weighted by atomic mass is 32.1. The summed E-state index contributed by atoms with van der Waals surface area (Å²) in [5.41, 5.74) is 2.89. The van der Waals surface area contributed by atoms with Crippen LogP contribution in [0.1, 0.15) is 11.1 Å². The van der Waals surface area contributed by atoms with Crippen LogP contribution >= 0.6 is 11.3 Å². The summed E-state index contributed by atoms with van der Waals surface area (Å²) in [7, 11) is 0. The molecule has 2 rings (SSSR count). The van der Waals surface area contributed by atoms with Crippen LogP contribution in [0.3, 0.4) is 0 Å². The Labute approximate surface area is 103 Å². The quantitative estimate of drug-likeness (QED) is 0.664. The van der Waals surface area contributed by atoms with Gasteiger partial charge in [-0.25, -0.2) is 0 Å². The van der Waals surface area contributed by atoms with E-state index in [1.807, 2.05) is 22.9 Å². The van der Waals surface area contributed by atoms with Crippen LogP contribution in [0, 0.1) is 17.0 Å². The molecule has 0 aliphatic heterocycles. The predicted molar refractivity (Wildman–Crippen MR) is 69.5 cm³/mol. The Morgan fingerprint density at radius 2 is 2.24 bits per heavy atom. The van der Waals surface area contributed by atoms with E-state index in [0.29, 0.717) is 6.54 Å². The monoisotopic (exact) mass is 248 g/mol. The minimum absolute atomic E-state index is 0.176. The number of nitrogens with one attached hydrogen (secondary N) is 1. The molecule has 0 aliphatic carbocycles. The maximum Gasteiger partial charge on any atom is 0.272 e. The lowest BCUT2D eigenvalue weighted by molar-refractivity contribution is -0.385. The first-order chi connectivity index (χ1) is 8.18. The summed E-state index contributed by atoms with van der Waals surface area (Å²) >= 11 is 1.62. The minimum atomic E-state index is -0.344. The normalized spacial score (nSPS) is 10.2. The highest BCUT2D eigenvalue weighted by molar-refractivity contribution is 7.08. The third-order valence-electron chi connectivity index (χ3n) is 2.62. The summed E-state index contributed by atoms with van der Waals surface area (Å²) in [5, 5.41) is 18.0. The highest BCUT2D eigenvalue weighted by Crippen LogP contribution is 2.22. The van der Waals surface area contributed by atoms with Gasteiger partial charge in [-0.15, -0.1) is 0 Å². The second kappa shape index (κ2) is 4.97. The van der Waals surface area contributed by atoms with Gasteiger partial charge in [0.1, 0.15) is 0 Å². The number of anilines is 1. The molecule has 0 atom stereocenters. The molecule has 1 heterocycles. The Kier molecular flexibility index (Phi) is 3.39. The molecule has 5 heteroatoms. The molecule has 0 bridgehead atoms. The van der Waals surface area contributed by atoms with Gasteiger partial charge in [-0.1, -0.05) is 12.1 Å². The van der Waals surface area contributed by atoms with Gasteiger partial charge in [0.25, 0.3) is 5.69 Å². The van der Waals surface area contributed by atoms with Crippen LogP contribution in [-0.2, 0) is 6.54 Å². The lowest BCUT2D eigenvalue weighted by Gasteiger charge is -2.07. The van der Waals surface area contributed by atoms with Gasteiger partial charge in [-0.2, -0.15) is 11.3 Å². The van der Waals surface area contributed by atoms with Crippen molar-refractivity contribution in [2.75, 3.05) is 5.32 Å². The number of nitro benzene ring substituents is 1. The van der Waals surface area contributed by atoms with Gasteiger partial charge in [-0.05, 0) is 23.9 Å². The Bertz CT molecular complexity index is 523. The molecular formula is C12H12N2O2S. The zero-order chi connectivity index (χ0) is 12.3. The van der Waals surface area contributed by atoms with Crippen molar-refractivity contribution in [1.29, 1.82) is 0 Å². The average molecular weight is 248 g/mol. The maximum absolute atomic E-state index is 10.8. The SMILES string of the molecule is Cc1c(CNc2ccsc2)cccc1[N+](=O)[O-]. The van der Waals surface area contributed by atoms with Crippen molar-refractivity contribution in [2.24, 2.45) is 0 Å². The van der Waals surface area contributed by atoms with E-state index in [9.17, 15) is 10.1 Å². The fourth-order valence-corrected chi connectivity index (χ4v) is 2.23. The lowest BCUT2D eigenvalue weighted by atomic mass is 10.1. The van der Waals surface area contributed by atoms with Crippen molar-refractivity contribution in [3.63, 3.8) is 0 Å². The van der Waals surface area contributed by atoms with Crippen LogP contribution in [0.4, 0.5) is 11.4 Å². The van der Waals surface area contributed by atoms with Crippen molar-refractivity contribution >= 4 is 22.7 Å². The average Bonchev–Trinajstić information content (AvgIpc) is 2.80. The zero-order valence-electron chi connectivity index (χ0n) is 9.34. The molecule has 0 fully saturated rings. The van der Waals surface area contributed by atoms with Crippen LogP contribution in [0.15, 0.2) is 35.0 Å². The van der Waals surface area contributed by atoms with E-state index in [0.717, 1.165) is 16.8 Å². The number of thiophene rings is 1. The molecule has 0 saturated heterocycles. The van der Waals surface area contributed by atoms with E-state index in [1.165, 1.54) is 6.07 Å². The topological polar surface area (TPSA) is 55.2 Å². The Hall–Kier alpha value is -1.88. The third-order valence-corrected chi connectivity index (χ3v) is 3.30. The summed E-state index contributed by atoms with van der Waals surface area (Å²) < 4.78 is 0. The van der Waals surface area contributed by atoms with E-state index in [-0.39, 0.29) is 10.6 Å². The van der Waals surface area contributed by atoms with Crippen molar-refractivity contribution in [3.8, 4) is 0 Å². The Morgan fingerprint density at radius 1 is 1.41 bits per heavy atom. The fourth-order valence-electron chi connectivity index (χ4n) is 1.62. The Balaban J connectivity index is 2.16. The first-order valence-corrected chi connectivity index (χ1v) is 6.11. The standard InChI is InChI=1S/C12H12N2O2S/c1-9-10(3-2-4-12(9)14(15)16)7-13-11-5-6-17-8-11/h2-6,8,13H,7H2,1H3. The molecule has 1 aromatic heterocycles. The van der Waals surface area contributed by atoms with E-state index in [4.69, 9.17) is 0 Å². The molecular weight excluding hydrogens is 236 g/mol. The summed E-state index contributed by atoms with van der Waals surface area (Å²) in [5.74, 6) is 0. The number of rotatable bonds is 4. The number of hydrogen-bond donors (Lipinski definition) is 1. The summed E-state index contributed by atoms with van der Waals surface area (Å²) in [6.45, 7) is 2.38. The summed E-state index contributed by atoms with van der Waals surface area (Å²) in [4.78, 5) is 10.4. The molecule has 0 aliphatic rings. The smallest absolute Gasteiger partial charge is 0.272 e. The number of hydrogen-bond acceptors (Lipinski definition) is 4. The fraction of sp³-hybridized carbons (Fsp3) is 0.167. The first-order valence-electron chi connectivity index (χ1n) is 5.17. The van der Waals surface area contributed by atoms with Gasteiger partial charge in [0.15, 0.2) is 0 Å². The Morgan fingerprint density at radius 3 is 2.88 bits per heavy atom. The van der Waals surface area contributed by atoms with Gasteiger partial charge < -0.3 is 5.32 Å². The predicted octanol–water partition coefficient (Wildman–Crippen LogP) is 3.58. The van der Waals surface area contributed by atoms with Crippen LogP contribution in [0.25, 0.3) is 0 Å². The van der Waals surface area contributed by atoms with E-state index >= 15 is 0 Å². The van der Waals surface area contributed by atoms with Crippen LogP contribution in [-0.4, -0.2) is 4.92 Å². The van der Waals surface area contributed by atoms with Crippen LogP contribution in [0.2, 0.25) is 0 Å². The largest absolute Gasteiger partial charge is 0.380 e. The van der Waals surface area contributed by atoms with E-state index in [2.05, 4.69) is 5.32 Å². The minimum Gasteiger partial charge on any atom is -0.380 e. The highest BCUT2D eigenvalue weighted by Gasteiger charge is 2.12. The molecule has 0 radical (unpaired) electrons. The van der Waals surface area contributed by atoms with E-state index < -0.39 is 0 Å². The molecule has 0 saturated carbocycles. The number of nitro groups is 1. The van der Waals surface area contributed by atoms with Gasteiger partial charge in [0.05, 0.1) is 4.92 Å². The van der Waals surface area contributed by atoms with Crippen LogP contribution < -0.4 is 5.32 Å². The summed E-state index contributed by atoms with van der Waals surface area (Å²) in [6.07, 6.45) is 0. The molecule has 0 unspecified atom stereocenters. The van der Waals surface area contributed by atoms with Gasteiger partial charge in [0.2, 0.25) is 0 Å². The van der Waals surface area contributed by atoms with Crippen molar-refractivity contribution < 1.29 is 4.92 Å². The molecule has 0 spiro atoms. The molecule has 0 amide bonds. The zero-order valence-corrected chi connectivity index (χ0v) is 10.2. The lowest BCUT2D eigenvalue weighted by Crippen LogP contribution is -2.02. The van der Waals surface area contributed by atoms with Gasteiger partial charge >= 0.3 is 0 Å². The molecule has 17 heavy (non-hydrogen) atoms. The second-order valence-corrected chi connectivity index (χ2v) is 4.46. The maximum atomic E-state index is 10.8. The molecule has 4 nitrogen and oxygen atoms in total. The van der Waals surface area contributed by atoms with Gasteiger partial charge in [0, 0.05) is 29.2 Å². The summed E-state index contributed by atoms with van der Waals surface area (Å²) in [6, 6.07) is 7.14.